The molecule has 0 bridgehead atoms. The maximum Gasteiger partial charge on any atom is 0.330 e. The van der Waals surface area contributed by atoms with Crippen molar-refractivity contribution in [2.24, 2.45) is 0 Å². The van der Waals surface area contributed by atoms with Gasteiger partial charge in [0.15, 0.2) is 6.04 Å². The molecule has 0 fully saturated rings. The maximum atomic E-state index is 12.2. The number of carbonyl (C=O) groups excluding carboxylic acids is 1. The van der Waals surface area contributed by atoms with Gasteiger partial charge in [0.05, 0.1) is 0 Å². The number of nitrogens with one attached hydrogen (secondary N) is 1. The second-order valence-electron chi connectivity index (χ2n) is 5.07. The first kappa shape index (κ1) is 16.2. The van der Waals surface area contributed by atoms with Crippen LogP contribution in [-0.2, 0) is 4.79 Å². The average Bonchev–Trinajstić information content (AvgIpc) is 2.95. The third kappa shape index (κ3) is 3.73. The zero-order valence-electron chi connectivity index (χ0n) is 12.2. The molecule has 22 heavy (non-hydrogen) atoms. The smallest absolute Gasteiger partial charge is 0.330 e. The Morgan fingerprint density at radius 2 is 1.86 bits per heavy atom. The molecule has 1 aromatic heterocycles. The Kier molecular flexibility index (Phi) is 4.97. The van der Waals surface area contributed by atoms with Gasteiger partial charge in [-0.15, -0.1) is 0 Å². The van der Waals surface area contributed by atoms with Crippen LogP contribution in [0.3, 0.4) is 0 Å². The molecule has 2 N–H and O–H groups in total. The molecule has 1 atom stereocenters. The van der Waals surface area contributed by atoms with Gasteiger partial charge in [-0.3, -0.25) is 9.48 Å². The van der Waals surface area contributed by atoms with E-state index >= 15 is 0 Å². The molecular formula is C15H16BrN3O3. The number of halogens is 1. The summed E-state index contributed by atoms with van der Waals surface area (Å²) >= 11 is 3.29. The zero-order valence-corrected chi connectivity index (χ0v) is 13.7. The van der Waals surface area contributed by atoms with E-state index in [1.165, 1.54) is 0 Å². The average molecular weight is 366 g/mol. The largest absolute Gasteiger partial charge is 0.479 e. The summed E-state index contributed by atoms with van der Waals surface area (Å²) in [6.45, 7) is 3.88. The monoisotopic (exact) mass is 365 g/mol. The number of benzene rings is 1. The molecule has 0 aliphatic carbocycles. The van der Waals surface area contributed by atoms with E-state index in [1.54, 1.807) is 41.2 Å². The fraction of sp³-hybridized carbons (Fsp3) is 0.267. The topological polar surface area (TPSA) is 84.2 Å². The Hall–Kier alpha value is -2.15. The van der Waals surface area contributed by atoms with Crippen LogP contribution in [-0.4, -0.2) is 26.8 Å². The number of rotatable bonds is 5. The zero-order chi connectivity index (χ0) is 16.3. The minimum Gasteiger partial charge on any atom is -0.479 e. The molecule has 0 saturated carbocycles. The fourth-order valence-corrected chi connectivity index (χ4v) is 2.16. The van der Waals surface area contributed by atoms with E-state index in [0.29, 0.717) is 5.56 Å². The molecule has 0 radical (unpaired) electrons. The molecule has 1 amide bonds. The first-order chi connectivity index (χ1) is 10.4. The van der Waals surface area contributed by atoms with Crippen molar-refractivity contribution in [2.45, 2.75) is 25.9 Å². The third-order valence-electron chi connectivity index (χ3n) is 3.10. The van der Waals surface area contributed by atoms with E-state index in [0.717, 1.165) is 4.47 Å². The normalized spacial score (nSPS) is 12.2. The first-order valence-corrected chi connectivity index (χ1v) is 7.52. The summed E-state index contributed by atoms with van der Waals surface area (Å²) in [4.78, 5) is 23.6. The molecule has 0 saturated heterocycles. The summed E-state index contributed by atoms with van der Waals surface area (Å²) in [5.41, 5.74) is 0.685. The van der Waals surface area contributed by atoms with E-state index in [-0.39, 0.29) is 11.7 Å². The van der Waals surface area contributed by atoms with Crippen molar-refractivity contribution in [2.75, 3.05) is 0 Å². The lowest BCUT2D eigenvalue weighted by Crippen LogP contribution is -2.34. The lowest BCUT2D eigenvalue weighted by atomic mass is 10.1. The molecule has 7 heteroatoms. The van der Waals surface area contributed by atoms with Crippen LogP contribution in [0.25, 0.3) is 0 Å². The number of amides is 1. The van der Waals surface area contributed by atoms with Gasteiger partial charge in [0.2, 0.25) is 0 Å². The standard InChI is InChI=1S/C15H16BrN3O3/c1-9(2)19-8-7-12(18-19)14(20)17-13(15(21)22)10-3-5-11(16)6-4-10/h3-9,13H,1-2H3,(H,17,20)(H,21,22). The van der Waals surface area contributed by atoms with Crippen LogP contribution in [0.1, 0.15) is 42.0 Å². The minimum absolute atomic E-state index is 0.128. The van der Waals surface area contributed by atoms with Gasteiger partial charge in [0.25, 0.3) is 5.91 Å². The quantitative estimate of drug-likeness (QED) is 0.852. The number of hydrogen-bond donors (Lipinski definition) is 2. The summed E-state index contributed by atoms with van der Waals surface area (Å²) in [7, 11) is 0. The molecule has 0 aliphatic heterocycles. The molecule has 2 aromatic rings. The number of carbonyl (C=O) groups is 2. The van der Waals surface area contributed by atoms with Crippen LogP contribution in [0.2, 0.25) is 0 Å². The summed E-state index contributed by atoms with van der Waals surface area (Å²) in [5.74, 6) is -1.64. The number of carboxylic acids is 1. The van der Waals surface area contributed by atoms with E-state index < -0.39 is 17.9 Å². The van der Waals surface area contributed by atoms with Crippen LogP contribution in [0, 0.1) is 0 Å². The van der Waals surface area contributed by atoms with E-state index in [2.05, 4.69) is 26.3 Å². The van der Waals surface area contributed by atoms with Gasteiger partial charge in [0.1, 0.15) is 5.69 Å². The van der Waals surface area contributed by atoms with Crippen molar-refractivity contribution in [3.05, 3.63) is 52.3 Å². The summed E-state index contributed by atoms with van der Waals surface area (Å²) in [6.07, 6.45) is 1.69. The minimum atomic E-state index is -1.13. The van der Waals surface area contributed by atoms with Crippen molar-refractivity contribution in [1.29, 1.82) is 0 Å². The maximum absolute atomic E-state index is 12.2. The molecule has 0 spiro atoms. The van der Waals surface area contributed by atoms with Gasteiger partial charge in [-0.05, 0) is 37.6 Å². The van der Waals surface area contributed by atoms with Gasteiger partial charge in [-0.1, -0.05) is 28.1 Å². The van der Waals surface area contributed by atoms with Crippen LogP contribution in [0.5, 0.6) is 0 Å². The highest BCUT2D eigenvalue weighted by atomic mass is 79.9. The van der Waals surface area contributed by atoms with Gasteiger partial charge in [-0.25, -0.2) is 4.79 Å². The second kappa shape index (κ2) is 6.74. The Morgan fingerprint density at radius 3 is 2.36 bits per heavy atom. The molecule has 6 nitrogen and oxygen atoms in total. The van der Waals surface area contributed by atoms with Gasteiger partial charge in [-0.2, -0.15) is 5.10 Å². The van der Waals surface area contributed by atoms with E-state index in [4.69, 9.17) is 0 Å². The molecule has 1 unspecified atom stereocenters. The molecule has 0 aliphatic rings. The van der Waals surface area contributed by atoms with Gasteiger partial charge >= 0.3 is 5.97 Å². The molecule has 2 rings (SSSR count). The highest BCUT2D eigenvalue weighted by molar-refractivity contribution is 9.10. The fourth-order valence-electron chi connectivity index (χ4n) is 1.89. The number of hydrogen-bond acceptors (Lipinski definition) is 3. The Morgan fingerprint density at radius 1 is 1.23 bits per heavy atom. The Labute approximate surface area is 136 Å². The van der Waals surface area contributed by atoms with Crippen molar-refractivity contribution in [1.82, 2.24) is 15.1 Å². The second-order valence-corrected chi connectivity index (χ2v) is 5.99. The van der Waals surface area contributed by atoms with Crippen molar-refractivity contribution < 1.29 is 14.7 Å². The molecular weight excluding hydrogens is 350 g/mol. The number of aliphatic carboxylic acids is 1. The SMILES string of the molecule is CC(C)n1ccc(C(=O)NC(C(=O)O)c2ccc(Br)cc2)n1. The summed E-state index contributed by atoms with van der Waals surface area (Å²) in [5, 5.41) is 16.0. The molecule has 1 aromatic carbocycles. The van der Waals surface area contributed by atoms with Gasteiger partial charge < -0.3 is 10.4 Å². The Balaban J connectivity index is 2.18. The molecule has 116 valence electrons. The summed E-state index contributed by atoms with van der Waals surface area (Å²) in [6, 6.07) is 7.32. The lowest BCUT2D eigenvalue weighted by Gasteiger charge is -2.14. The Bertz CT molecular complexity index is 680. The van der Waals surface area contributed by atoms with Crippen LogP contribution in [0.4, 0.5) is 0 Å². The van der Waals surface area contributed by atoms with Crippen molar-refractivity contribution >= 4 is 27.8 Å². The van der Waals surface area contributed by atoms with Crippen molar-refractivity contribution in [3.63, 3.8) is 0 Å². The van der Waals surface area contributed by atoms with Crippen LogP contribution >= 0.6 is 15.9 Å². The molecule has 1 heterocycles. The third-order valence-corrected chi connectivity index (χ3v) is 3.62. The lowest BCUT2D eigenvalue weighted by molar-refractivity contribution is -0.139. The highest BCUT2D eigenvalue weighted by Crippen LogP contribution is 2.18. The number of nitrogens with zero attached hydrogens (tertiary/aromatic N) is 2. The summed E-state index contributed by atoms with van der Waals surface area (Å²) < 4.78 is 2.48. The van der Waals surface area contributed by atoms with Crippen molar-refractivity contribution in [3.8, 4) is 0 Å². The number of carboxylic acid groups (broad SMARTS) is 1. The number of aromatic nitrogens is 2. The van der Waals surface area contributed by atoms with E-state index in [1.807, 2.05) is 13.8 Å². The van der Waals surface area contributed by atoms with Crippen LogP contribution < -0.4 is 5.32 Å². The van der Waals surface area contributed by atoms with E-state index in [9.17, 15) is 14.7 Å². The highest BCUT2D eigenvalue weighted by Gasteiger charge is 2.23. The van der Waals surface area contributed by atoms with Gasteiger partial charge in [0, 0.05) is 16.7 Å². The predicted molar refractivity (Wildman–Crippen MR) is 84.6 cm³/mol. The predicted octanol–water partition coefficient (Wildman–Crippen LogP) is 2.78. The van der Waals surface area contributed by atoms with Crippen LogP contribution in [0.15, 0.2) is 41.0 Å². The first-order valence-electron chi connectivity index (χ1n) is 6.72.